The van der Waals surface area contributed by atoms with Crippen molar-refractivity contribution in [3.8, 4) is 10.8 Å². The van der Waals surface area contributed by atoms with Crippen LogP contribution in [0.15, 0.2) is 57.4 Å². The minimum absolute atomic E-state index is 0.193. The van der Waals surface area contributed by atoms with Gasteiger partial charge in [0.25, 0.3) is 5.91 Å². The highest BCUT2D eigenvalue weighted by molar-refractivity contribution is 7.21. The maximum absolute atomic E-state index is 12.5. The van der Waals surface area contributed by atoms with Crippen LogP contribution in [0.4, 0.5) is 0 Å². The monoisotopic (exact) mass is 352 g/mol. The van der Waals surface area contributed by atoms with E-state index >= 15 is 0 Å². The summed E-state index contributed by atoms with van der Waals surface area (Å²) >= 11 is 1.54. The van der Waals surface area contributed by atoms with Gasteiger partial charge in [-0.15, -0.1) is 11.3 Å². The van der Waals surface area contributed by atoms with Crippen molar-refractivity contribution in [3.05, 3.63) is 65.8 Å². The van der Waals surface area contributed by atoms with Gasteiger partial charge in [-0.1, -0.05) is 12.1 Å². The number of benzene rings is 1. The predicted octanol–water partition coefficient (Wildman–Crippen LogP) is 4.73. The van der Waals surface area contributed by atoms with Gasteiger partial charge in [0.15, 0.2) is 16.5 Å². The molecule has 5 nitrogen and oxygen atoms in total. The van der Waals surface area contributed by atoms with E-state index in [0.717, 1.165) is 26.7 Å². The minimum atomic E-state index is -0.193. The molecule has 3 heterocycles. The molecule has 126 valence electrons. The molecule has 0 saturated carbocycles. The van der Waals surface area contributed by atoms with Crippen molar-refractivity contribution in [2.45, 2.75) is 13.5 Å². The average Bonchev–Trinajstić information content (AvgIpc) is 3.32. The van der Waals surface area contributed by atoms with Crippen molar-refractivity contribution in [1.29, 1.82) is 0 Å². The summed E-state index contributed by atoms with van der Waals surface area (Å²) in [6.45, 7) is 2.27. The minimum Gasteiger partial charge on any atom is -0.464 e. The van der Waals surface area contributed by atoms with E-state index in [1.807, 2.05) is 43.3 Å². The van der Waals surface area contributed by atoms with Crippen LogP contribution in [0.25, 0.3) is 21.0 Å². The van der Waals surface area contributed by atoms with Gasteiger partial charge < -0.3 is 13.7 Å². The lowest BCUT2D eigenvalue weighted by Crippen LogP contribution is -2.25. The van der Waals surface area contributed by atoms with Crippen molar-refractivity contribution in [2.75, 3.05) is 7.05 Å². The molecule has 25 heavy (non-hydrogen) atoms. The number of aryl methyl sites for hydroxylation is 1. The quantitative estimate of drug-likeness (QED) is 0.533. The first-order chi connectivity index (χ1) is 12.1. The SMILES string of the molecule is Cc1ccc(CN(C)C(=O)c2ccc(-c3nc4ccccc4s3)o2)o1. The fourth-order valence-electron chi connectivity index (χ4n) is 2.61. The van der Waals surface area contributed by atoms with Gasteiger partial charge in [0.2, 0.25) is 0 Å². The Kier molecular flexibility index (Phi) is 3.89. The predicted molar refractivity (Wildman–Crippen MR) is 96.6 cm³/mol. The van der Waals surface area contributed by atoms with Gasteiger partial charge in [-0.25, -0.2) is 4.98 Å². The largest absolute Gasteiger partial charge is 0.464 e. The molecule has 1 aromatic carbocycles. The van der Waals surface area contributed by atoms with E-state index in [4.69, 9.17) is 8.83 Å². The lowest BCUT2D eigenvalue weighted by molar-refractivity contribution is 0.0744. The second-order valence-corrected chi connectivity index (χ2v) is 6.85. The lowest BCUT2D eigenvalue weighted by atomic mass is 10.3. The maximum Gasteiger partial charge on any atom is 0.289 e. The standard InChI is InChI=1S/C19H16N2O3S/c1-12-7-8-13(23-12)11-21(2)19(22)16-10-9-15(24-16)18-20-14-5-3-4-6-17(14)25-18/h3-10H,11H2,1-2H3. The molecular weight excluding hydrogens is 336 g/mol. The Morgan fingerprint density at radius 3 is 2.72 bits per heavy atom. The number of fused-ring (bicyclic) bond motifs is 1. The summed E-state index contributed by atoms with van der Waals surface area (Å²) in [5.74, 6) is 2.27. The van der Waals surface area contributed by atoms with E-state index in [2.05, 4.69) is 4.98 Å². The Morgan fingerprint density at radius 1 is 1.12 bits per heavy atom. The zero-order valence-corrected chi connectivity index (χ0v) is 14.7. The summed E-state index contributed by atoms with van der Waals surface area (Å²) < 4.78 is 12.4. The molecule has 0 bridgehead atoms. The first kappa shape index (κ1) is 15.7. The van der Waals surface area contributed by atoms with Crippen LogP contribution in [0.5, 0.6) is 0 Å². The Balaban J connectivity index is 1.54. The highest BCUT2D eigenvalue weighted by Crippen LogP contribution is 2.31. The molecule has 0 spiro atoms. The Hall–Kier alpha value is -2.86. The summed E-state index contributed by atoms with van der Waals surface area (Å²) in [4.78, 5) is 18.7. The molecule has 0 fully saturated rings. The number of rotatable bonds is 4. The topological polar surface area (TPSA) is 59.5 Å². The maximum atomic E-state index is 12.5. The number of hydrogen-bond acceptors (Lipinski definition) is 5. The van der Waals surface area contributed by atoms with E-state index in [0.29, 0.717) is 18.1 Å². The van der Waals surface area contributed by atoms with Crippen molar-refractivity contribution < 1.29 is 13.6 Å². The van der Waals surface area contributed by atoms with E-state index in [9.17, 15) is 4.79 Å². The summed E-state index contributed by atoms with van der Waals surface area (Å²) in [7, 11) is 1.72. The lowest BCUT2D eigenvalue weighted by Gasteiger charge is -2.13. The van der Waals surface area contributed by atoms with Gasteiger partial charge in [0, 0.05) is 7.05 Å². The zero-order chi connectivity index (χ0) is 17.4. The first-order valence-electron chi connectivity index (χ1n) is 7.87. The smallest absolute Gasteiger partial charge is 0.289 e. The highest BCUT2D eigenvalue weighted by Gasteiger charge is 2.19. The van der Waals surface area contributed by atoms with Gasteiger partial charge in [0.1, 0.15) is 11.5 Å². The van der Waals surface area contributed by atoms with Crippen LogP contribution in [0.1, 0.15) is 22.1 Å². The normalized spacial score (nSPS) is 11.1. The second-order valence-electron chi connectivity index (χ2n) is 5.82. The molecule has 4 rings (SSSR count). The van der Waals surface area contributed by atoms with Crippen molar-refractivity contribution in [2.24, 2.45) is 0 Å². The molecule has 0 aliphatic carbocycles. The van der Waals surface area contributed by atoms with Gasteiger partial charge in [-0.2, -0.15) is 0 Å². The van der Waals surface area contributed by atoms with Crippen LogP contribution in [-0.4, -0.2) is 22.8 Å². The van der Waals surface area contributed by atoms with Crippen LogP contribution in [0.2, 0.25) is 0 Å². The molecule has 6 heteroatoms. The average molecular weight is 352 g/mol. The molecule has 0 saturated heterocycles. The first-order valence-corrected chi connectivity index (χ1v) is 8.68. The van der Waals surface area contributed by atoms with Gasteiger partial charge in [0.05, 0.1) is 16.8 Å². The molecule has 0 radical (unpaired) electrons. The molecule has 0 N–H and O–H groups in total. The molecule has 0 aliphatic rings. The Labute approximate surface area is 148 Å². The summed E-state index contributed by atoms with van der Waals surface area (Å²) in [6, 6.07) is 15.1. The molecule has 4 aromatic rings. The molecule has 1 amide bonds. The van der Waals surface area contributed by atoms with E-state index in [1.54, 1.807) is 35.4 Å². The van der Waals surface area contributed by atoms with E-state index in [-0.39, 0.29) is 5.91 Å². The fraction of sp³-hybridized carbons (Fsp3) is 0.158. The van der Waals surface area contributed by atoms with Crippen LogP contribution in [-0.2, 0) is 6.54 Å². The molecular formula is C19H16N2O3S. The molecule has 3 aromatic heterocycles. The Bertz CT molecular complexity index is 1010. The highest BCUT2D eigenvalue weighted by atomic mass is 32.1. The van der Waals surface area contributed by atoms with Gasteiger partial charge in [-0.3, -0.25) is 4.79 Å². The number of furan rings is 2. The number of carbonyl (C=O) groups excluding carboxylic acids is 1. The molecule has 0 unspecified atom stereocenters. The summed E-state index contributed by atoms with van der Waals surface area (Å²) in [5, 5.41) is 0.768. The van der Waals surface area contributed by atoms with E-state index in [1.165, 1.54) is 0 Å². The van der Waals surface area contributed by atoms with Crippen molar-refractivity contribution in [1.82, 2.24) is 9.88 Å². The summed E-state index contributed by atoms with van der Waals surface area (Å²) in [5.41, 5.74) is 0.928. The van der Waals surface area contributed by atoms with Crippen LogP contribution in [0, 0.1) is 6.92 Å². The number of hydrogen-bond donors (Lipinski definition) is 0. The van der Waals surface area contributed by atoms with Gasteiger partial charge >= 0.3 is 0 Å². The third-order valence-corrected chi connectivity index (χ3v) is 4.91. The number of nitrogens with zero attached hydrogens (tertiary/aromatic N) is 2. The third-order valence-electron chi connectivity index (χ3n) is 3.86. The third kappa shape index (κ3) is 3.08. The van der Waals surface area contributed by atoms with Crippen molar-refractivity contribution in [3.63, 3.8) is 0 Å². The number of carbonyl (C=O) groups is 1. The van der Waals surface area contributed by atoms with E-state index < -0.39 is 0 Å². The van der Waals surface area contributed by atoms with Crippen LogP contribution < -0.4 is 0 Å². The number of aromatic nitrogens is 1. The molecule has 0 aliphatic heterocycles. The number of thiazole rings is 1. The van der Waals surface area contributed by atoms with Crippen LogP contribution >= 0.6 is 11.3 Å². The molecule has 0 atom stereocenters. The van der Waals surface area contributed by atoms with Crippen LogP contribution in [0.3, 0.4) is 0 Å². The zero-order valence-electron chi connectivity index (χ0n) is 13.9. The van der Waals surface area contributed by atoms with Crippen molar-refractivity contribution >= 4 is 27.5 Å². The fourth-order valence-corrected chi connectivity index (χ4v) is 3.54. The second kappa shape index (κ2) is 6.22. The number of para-hydroxylation sites is 1. The number of amides is 1. The Morgan fingerprint density at radius 2 is 1.96 bits per heavy atom. The van der Waals surface area contributed by atoms with Gasteiger partial charge in [-0.05, 0) is 43.3 Å². The summed E-state index contributed by atoms with van der Waals surface area (Å²) in [6.07, 6.45) is 0.